The summed E-state index contributed by atoms with van der Waals surface area (Å²) in [6.07, 6.45) is 11.8. The summed E-state index contributed by atoms with van der Waals surface area (Å²) in [6.45, 7) is 8.98. The normalized spacial score (nSPS) is 17.4. The van der Waals surface area contributed by atoms with E-state index in [-0.39, 0.29) is 0 Å². The van der Waals surface area contributed by atoms with Crippen molar-refractivity contribution in [3.8, 4) is 0 Å². The van der Waals surface area contributed by atoms with Crippen molar-refractivity contribution in [3.63, 3.8) is 0 Å². The van der Waals surface area contributed by atoms with Gasteiger partial charge in [-0.05, 0) is 70.2 Å². The van der Waals surface area contributed by atoms with Gasteiger partial charge in [0.2, 0.25) is 11.4 Å². The molecule has 1 aromatic heterocycles. The third-order valence-electron chi connectivity index (χ3n) is 8.82. The second kappa shape index (κ2) is 9.90. The van der Waals surface area contributed by atoms with Crippen LogP contribution in [0.2, 0.25) is 0 Å². The zero-order valence-electron chi connectivity index (χ0n) is 23.5. The molecule has 0 radical (unpaired) electrons. The number of aromatic nitrogens is 1. The molecule has 1 aliphatic heterocycles. The quantitative estimate of drug-likeness (QED) is 0.199. The first kappa shape index (κ1) is 25.6. The van der Waals surface area contributed by atoms with Crippen LogP contribution in [-0.2, 0) is 7.05 Å². The average Bonchev–Trinajstić information content (AvgIpc) is 3.39. The Labute approximate surface area is 245 Å². The highest BCUT2D eigenvalue weighted by Gasteiger charge is 2.31. The fourth-order valence-corrected chi connectivity index (χ4v) is 6.94. The summed E-state index contributed by atoms with van der Waals surface area (Å²) in [4.78, 5) is 0. The van der Waals surface area contributed by atoms with Crippen LogP contribution in [0, 0.1) is 0 Å². The second-order valence-corrected chi connectivity index (χ2v) is 11.5. The summed E-state index contributed by atoms with van der Waals surface area (Å²) in [7, 11) is 4.23. The predicted molar refractivity (Wildman–Crippen MR) is 177 cm³/mol. The van der Waals surface area contributed by atoms with Crippen LogP contribution in [-0.4, -0.2) is 21.9 Å². The van der Waals surface area contributed by atoms with E-state index in [9.17, 15) is 0 Å². The summed E-state index contributed by atoms with van der Waals surface area (Å²) in [5.74, 6) is 0. The Morgan fingerprint density at radius 1 is 0.829 bits per heavy atom. The molecule has 5 aromatic rings. The van der Waals surface area contributed by atoms with Crippen LogP contribution < -0.4 is 10.6 Å². The van der Waals surface area contributed by atoms with Crippen LogP contribution >= 0.6 is 11.6 Å². The van der Waals surface area contributed by atoms with Crippen molar-refractivity contribution in [1.82, 2.24) is 4.57 Å². The molecule has 0 spiro atoms. The van der Waals surface area contributed by atoms with Gasteiger partial charge >= 0.3 is 0 Å². The smallest absolute Gasteiger partial charge is 0.214 e. The maximum Gasteiger partial charge on any atom is 0.214 e. The van der Waals surface area contributed by atoms with Crippen LogP contribution in [0.25, 0.3) is 50.7 Å². The van der Waals surface area contributed by atoms with Crippen LogP contribution in [0.15, 0.2) is 114 Å². The molecule has 1 aliphatic carbocycles. The lowest BCUT2D eigenvalue weighted by Gasteiger charge is -2.16. The molecule has 0 amide bonds. The molecule has 200 valence electrons. The van der Waals surface area contributed by atoms with Crippen LogP contribution in [0.1, 0.15) is 24.8 Å². The number of halogens is 1. The van der Waals surface area contributed by atoms with Gasteiger partial charge in [-0.25, -0.2) is 0 Å². The van der Waals surface area contributed by atoms with E-state index in [2.05, 4.69) is 133 Å². The number of allylic oxidation sites excluding steroid dienone is 7. The summed E-state index contributed by atoms with van der Waals surface area (Å²) in [5.41, 5.74) is 8.11. The first-order chi connectivity index (χ1) is 19.9. The van der Waals surface area contributed by atoms with Gasteiger partial charge in [-0.2, -0.15) is 4.58 Å². The number of benzene rings is 4. The molecule has 0 saturated heterocycles. The number of hydrogen-bond acceptors (Lipinski definition) is 0. The minimum atomic E-state index is 0.855. The second-order valence-electron chi connectivity index (χ2n) is 11.1. The highest BCUT2D eigenvalue weighted by atomic mass is 35.5. The van der Waals surface area contributed by atoms with Crippen LogP contribution in [0.4, 0.5) is 5.69 Å². The van der Waals surface area contributed by atoms with Gasteiger partial charge in [-0.1, -0.05) is 91.5 Å². The molecule has 41 heavy (non-hydrogen) atoms. The van der Waals surface area contributed by atoms with Gasteiger partial charge in [0.25, 0.3) is 0 Å². The molecule has 0 bridgehead atoms. The zero-order valence-corrected chi connectivity index (χ0v) is 24.3. The maximum atomic E-state index is 7.05. The van der Waals surface area contributed by atoms with Crippen molar-refractivity contribution >= 4 is 73.7 Å². The van der Waals surface area contributed by atoms with Gasteiger partial charge < -0.3 is 4.57 Å². The number of nitrogens with zero attached hydrogens (tertiary/aromatic N) is 2. The van der Waals surface area contributed by atoms with Gasteiger partial charge in [-0.3, -0.25) is 0 Å². The van der Waals surface area contributed by atoms with Crippen molar-refractivity contribution < 1.29 is 4.58 Å². The minimum absolute atomic E-state index is 0.855. The highest BCUT2D eigenvalue weighted by molar-refractivity contribution is 6.33. The monoisotopic (exact) mass is 551 g/mol. The van der Waals surface area contributed by atoms with Crippen molar-refractivity contribution in [2.75, 3.05) is 7.05 Å². The summed E-state index contributed by atoms with van der Waals surface area (Å²) < 4.78 is 4.48. The molecular formula is C38H32ClN2+. The van der Waals surface area contributed by atoms with Crippen molar-refractivity contribution in [2.45, 2.75) is 19.3 Å². The zero-order chi connectivity index (χ0) is 28.2. The Bertz CT molecular complexity index is 2180. The predicted octanol–water partition coefficient (Wildman–Crippen LogP) is 8.28. The topological polar surface area (TPSA) is 7.94 Å². The third kappa shape index (κ3) is 4.05. The van der Waals surface area contributed by atoms with Crippen LogP contribution in [0.5, 0.6) is 0 Å². The van der Waals surface area contributed by atoms with Gasteiger partial charge in [0.15, 0.2) is 0 Å². The summed E-state index contributed by atoms with van der Waals surface area (Å²) >= 11 is 7.05. The van der Waals surface area contributed by atoms with Crippen LogP contribution in [0.3, 0.4) is 0 Å². The highest BCUT2D eigenvalue weighted by Crippen LogP contribution is 2.39. The van der Waals surface area contributed by atoms with E-state index in [1.807, 2.05) is 0 Å². The van der Waals surface area contributed by atoms with Gasteiger partial charge in [-0.15, -0.1) is 0 Å². The first-order valence-electron chi connectivity index (χ1n) is 14.2. The molecule has 0 saturated carbocycles. The molecule has 0 fully saturated rings. The van der Waals surface area contributed by atoms with Gasteiger partial charge in [0.1, 0.15) is 7.05 Å². The lowest BCUT2D eigenvalue weighted by molar-refractivity contribution is -0.399. The average molecular weight is 552 g/mol. The molecule has 3 heteroatoms. The number of fused-ring (bicyclic) bond motifs is 6. The van der Waals surface area contributed by atoms with E-state index in [4.69, 9.17) is 11.6 Å². The lowest BCUT2D eigenvalue weighted by atomic mass is 9.93. The molecule has 2 nitrogen and oxygen atoms in total. The van der Waals surface area contributed by atoms with E-state index in [0.717, 1.165) is 46.1 Å². The molecule has 7 rings (SSSR count). The van der Waals surface area contributed by atoms with E-state index in [1.54, 1.807) is 0 Å². The first-order valence-corrected chi connectivity index (χ1v) is 14.6. The van der Waals surface area contributed by atoms with E-state index < -0.39 is 0 Å². The van der Waals surface area contributed by atoms with Crippen molar-refractivity contribution in [3.05, 3.63) is 130 Å². The van der Waals surface area contributed by atoms with Gasteiger partial charge in [0, 0.05) is 45.7 Å². The maximum absolute atomic E-state index is 7.05. The summed E-state index contributed by atoms with van der Waals surface area (Å²) in [6, 6.07) is 25.8. The largest absolute Gasteiger partial charge is 0.344 e. The minimum Gasteiger partial charge on any atom is -0.344 e. The number of aryl methyl sites for hydroxylation is 1. The fraction of sp³-hybridized carbons (Fsp3) is 0.132. The molecule has 0 N–H and O–H groups in total. The third-order valence-corrected chi connectivity index (χ3v) is 9.31. The van der Waals surface area contributed by atoms with E-state index >= 15 is 0 Å². The number of hydrogen-bond donors (Lipinski definition) is 0. The Balaban J connectivity index is 1.25. The molecular weight excluding hydrogens is 520 g/mol. The van der Waals surface area contributed by atoms with Gasteiger partial charge in [0.05, 0.1) is 11.1 Å². The van der Waals surface area contributed by atoms with Crippen molar-refractivity contribution in [1.29, 1.82) is 0 Å². The molecule has 0 unspecified atom stereocenters. The summed E-state index contributed by atoms with van der Waals surface area (Å²) in [5, 5.41) is 9.20. The Morgan fingerprint density at radius 3 is 2.34 bits per heavy atom. The molecule has 2 aliphatic rings. The Morgan fingerprint density at radius 2 is 1.54 bits per heavy atom. The fourth-order valence-electron chi connectivity index (χ4n) is 6.63. The molecule has 4 aromatic carbocycles. The SMILES string of the molecule is C=C1C(C=CC2=C(Cl)/C(=C\C=c3c(=C)c4c5ccccc5ccc4n3C)CCC2)=[N+](C)c2ccc3ccccc3c21. The standard InChI is InChI=1S/C38H32ClN2/c1-24-32(40(3)34-22-16-26-10-5-7-14-30(26)36(24)34)20-18-28-12-9-13-29(38(28)39)19-21-33-25(2)37-31-15-8-6-11-27(31)17-23-35(37)41(33)4/h5-8,10-11,14-23H,1-2,9,12-13H2,3-4H3/q+1. The van der Waals surface area contributed by atoms with Crippen molar-refractivity contribution in [2.24, 2.45) is 7.05 Å². The lowest BCUT2D eigenvalue weighted by Crippen LogP contribution is -2.26. The van der Waals surface area contributed by atoms with E-state index in [0.29, 0.717) is 0 Å². The number of rotatable bonds is 3. The van der Waals surface area contributed by atoms with E-state index in [1.165, 1.54) is 54.8 Å². The molecule has 2 heterocycles. The molecule has 0 atom stereocenters. The Kier molecular flexibility index (Phi) is 6.17. The Hall–Kier alpha value is -4.40.